The highest BCUT2D eigenvalue weighted by molar-refractivity contribution is 6.05. The lowest BCUT2D eigenvalue weighted by atomic mass is 10.1. The molecule has 8 nitrogen and oxygen atoms in total. The van der Waals surface area contributed by atoms with E-state index in [0.29, 0.717) is 23.2 Å². The number of ether oxygens (including phenoxy) is 1. The fourth-order valence-corrected chi connectivity index (χ4v) is 2.58. The molecule has 0 aliphatic heterocycles. The van der Waals surface area contributed by atoms with Gasteiger partial charge in [-0.2, -0.15) is 5.10 Å². The van der Waals surface area contributed by atoms with E-state index in [0.717, 1.165) is 5.56 Å². The first-order valence-corrected chi connectivity index (χ1v) is 7.50. The number of amides is 1. The van der Waals surface area contributed by atoms with Gasteiger partial charge in [-0.3, -0.25) is 20.0 Å². The molecule has 0 spiro atoms. The molecule has 3 aromatic rings. The van der Waals surface area contributed by atoms with E-state index >= 15 is 0 Å². The minimum atomic E-state index is -0.499. The second-order valence-corrected chi connectivity index (χ2v) is 5.57. The molecule has 1 heterocycles. The predicted octanol–water partition coefficient (Wildman–Crippen LogP) is 2.75. The molecule has 128 valence electrons. The lowest BCUT2D eigenvalue weighted by Gasteiger charge is -2.16. The van der Waals surface area contributed by atoms with E-state index in [9.17, 15) is 14.9 Å². The minimum Gasteiger partial charge on any atom is -0.497 e. The largest absolute Gasteiger partial charge is 0.497 e. The van der Waals surface area contributed by atoms with Crippen LogP contribution in [0.2, 0.25) is 0 Å². The highest BCUT2D eigenvalue weighted by Gasteiger charge is 2.20. The van der Waals surface area contributed by atoms with E-state index in [1.807, 2.05) is 24.3 Å². The van der Waals surface area contributed by atoms with E-state index in [-0.39, 0.29) is 17.3 Å². The minimum absolute atomic E-state index is 0.0848. The highest BCUT2D eigenvalue weighted by Crippen LogP contribution is 2.23. The number of non-ortho nitro benzene ring substituents is 1. The van der Waals surface area contributed by atoms with E-state index in [4.69, 9.17) is 4.74 Å². The van der Waals surface area contributed by atoms with Crippen LogP contribution in [0.1, 0.15) is 16.1 Å². The molecule has 8 heteroatoms. The van der Waals surface area contributed by atoms with Crippen molar-refractivity contribution in [3.05, 3.63) is 63.8 Å². The fraction of sp³-hybridized carbons (Fsp3) is 0.176. The zero-order chi connectivity index (χ0) is 18.0. The number of nitrogens with one attached hydrogen (secondary N) is 1. The van der Waals surface area contributed by atoms with Gasteiger partial charge in [-0.15, -0.1) is 0 Å². The molecule has 1 amide bonds. The first kappa shape index (κ1) is 16.4. The summed E-state index contributed by atoms with van der Waals surface area (Å²) >= 11 is 0. The third-order valence-electron chi connectivity index (χ3n) is 3.86. The lowest BCUT2D eigenvalue weighted by Crippen LogP contribution is -2.26. The number of carbonyl (C=O) groups excluding carboxylic acids is 1. The molecule has 0 saturated carbocycles. The van der Waals surface area contributed by atoms with Crippen molar-refractivity contribution in [3.63, 3.8) is 0 Å². The molecule has 0 radical (unpaired) electrons. The summed E-state index contributed by atoms with van der Waals surface area (Å²) in [6.07, 6.45) is 0. The maximum Gasteiger partial charge on any atom is 0.275 e. The number of nitro benzene ring substituents is 1. The van der Waals surface area contributed by atoms with Crippen LogP contribution in [-0.2, 0) is 6.54 Å². The summed E-state index contributed by atoms with van der Waals surface area (Å²) in [5.41, 5.74) is 1.55. The molecule has 3 rings (SSSR count). The Hall–Kier alpha value is -3.42. The van der Waals surface area contributed by atoms with Crippen LogP contribution in [0.5, 0.6) is 5.75 Å². The van der Waals surface area contributed by atoms with Gasteiger partial charge < -0.3 is 9.64 Å². The number of methoxy groups -OCH3 is 1. The van der Waals surface area contributed by atoms with Gasteiger partial charge in [-0.1, -0.05) is 12.1 Å². The monoisotopic (exact) mass is 340 g/mol. The number of aromatic nitrogens is 2. The molecular formula is C17H16N4O4. The second-order valence-electron chi connectivity index (χ2n) is 5.57. The number of hydrogen-bond donors (Lipinski definition) is 1. The van der Waals surface area contributed by atoms with Crippen molar-refractivity contribution < 1.29 is 14.5 Å². The van der Waals surface area contributed by atoms with Crippen molar-refractivity contribution >= 4 is 22.5 Å². The Morgan fingerprint density at radius 2 is 2.12 bits per heavy atom. The Morgan fingerprint density at radius 1 is 1.32 bits per heavy atom. The van der Waals surface area contributed by atoms with Gasteiger partial charge in [0.25, 0.3) is 11.6 Å². The van der Waals surface area contributed by atoms with Crippen molar-refractivity contribution in [2.75, 3.05) is 14.2 Å². The van der Waals surface area contributed by atoms with Crippen molar-refractivity contribution in [3.8, 4) is 5.75 Å². The average molecular weight is 340 g/mol. The van der Waals surface area contributed by atoms with Gasteiger partial charge in [0.15, 0.2) is 5.69 Å². The fourth-order valence-electron chi connectivity index (χ4n) is 2.58. The maximum atomic E-state index is 12.7. The number of H-pyrrole nitrogens is 1. The summed E-state index contributed by atoms with van der Waals surface area (Å²) < 4.78 is 5.18. The SMILES string of the molecule is COc1cccc(CN(C)C(=O)c2n[nH]c3ccc([N+](=O)[O-])cc23)c1. The van der Waals surface area contributed by atoms with E-state index in [1.54, 1.807) is 20.2 Å². The molecule has 0 fully saturated rings. The zero-order valence-electron chi connectivity index (χ0n) is 13.7. The van der Waals surface area contributed by atoms with Gasteiger partial charge in [0, 0.05) is 31.1 Å². The van der Waals surface area contributed by atoms with E-state index in [1.165, 1.54) is 17.0 Å². The molecule has 0 aliphatic carbocycles. The van der Waals surface area contributed by atoms with Gasteiger partial charge >= 0.3 is 0 Å². The van der Waals surface area contributed by atoms with Crippen LogP contribution in [0.15, 0.2) is 42.5 Å². The molecular weight excluding hydrogens is 324 g/mol. The van der Waals surface area contributed by atoms with Gasteiger partial charge in [0.05, 0.1) is 17.5 Å². The number of nitro groups is 1. The van der Waals surface area contributed by atoms with Crippen LogP contribution in [0, 0.1) is 10.1 Å². The average Bonchev–Trinajstić information content (AvgIpc) is 3.04. The van der Waals surface area contributed by atoms with Crippen LogP contribution in [-0.4, -0.2) is 40.1 Å². The molecule has 0 atom stereocenters. The molecule has 1 N–H and O–H groups in total. The van der Waals surface area contributed by atoms with Gasteiger partial charge in [0.1, 0.15) is 5.75 Å². The van der Waals surface area contributed by atoms with Crippen molar-refractivity contribution in [2.24, 2.45) is 0 Å². The van der Waals surface area contributed by atoms with Crippen molar-refractivity contribution in [1.82, 2.24) is 15.1 Å². The molecule has 25 heavy (non-hydrogen) atoms. The van der Waals surface area contributed by atoms with Crippen LogP contribution in [0.4, 0.5) is 5.69 Å². The zero-order valence-corrected chi connectivity index (χ0v) is 13.7. The smallest absolute Gasteiger partial charge is 0.275 e. The second kappa shape index (κ2) is 6.60. The maximum absolute atomic E-state index is 12.7. The third-order valence-corrected chi connectivity index (χ3v) is 3.86. The summed E-state index contributed by atoms with van der Waals surface area (Å²) in [4.78, 5) is 24.7. The standard InChI is InChI=1S/C17H16N4O4/c1-20(10-11-4-3-5-13(8-11)25-2)17(22)16-14-9-12(21(23)24)6-7-15(14)18-19-16/h3-9H,10H2,1-2H3,(H,18,19). The van der Waals surface area contributed by atoms with Crippen molar-refractivity contribution in [1.29, 1.82) is 0 Å². The van der Waals surface area contributed by atoms with Crippen LogP contribution >= 0.6 is 0 Å². The number of fused-ring (bicyclic) bond motifs is 1. The number of hydrogen-bond acceptors (Lipinski definition) is 5. The number of benzene rings is 2. The van der Waals surface area contributed by atoms with Crippen LogP contribution in [0.3, 0.4) is 0 Å². The summed E-state index contributed by atoms with van der Waals surface area (Å²) in [5.74, 6) is 0.383. The van der Waals surface area contributed by atoms with Gasteiger partial charge in [-0.25, -0.2) is 0 Å². The summed E-state index contributed by atoms with van der Waals surface area (Å²) in [7, 11) is 3.23. The number of rotatable bonds is 5. The molecule has 0 saturated heterocycles. The molecule has 2 aromatic carbocycles. The Labute approximate surface area is 143 Å². The Kier molecular flexibility index (Phi) is 4.34. The van der Waals surface area contributed by atoms with E-state index in [2.05, 4.69) is 10.2 Å². The normalized spacial score (nSPS) is 10.6. The first-order valence-electron chi connectivity index (χ1n) is 7.50. The predicted molar refractivity (Wildman–Crippen MR) is 91.5 cm³/mol. The van der Waals surface area contributed by atoms with E-state index < -0.39 is 4.92 Å². The van der Waals surface area contributed by atoms with Crippen molar-refractivity contribution in [2.45, 2.75) is 6.54 Å². The Morgan fingerprint density at radius 3 is 2.84 bits per heavy atom. The molecule has 0 unspecified atom stereocenters. The summed E-state index contributed by atoms with van der Waals surface area (Å²) in [6.45, 7) is 0.360. The quantitative estimate of drug-likeness (QED) is 0.568. The highest BCUT2D eigenvalue weighted by atomic mass is 16.6. The summed E-state index contributed by atoms with van der Waals surface area (Å²) in [5, 5.41) is 18.1. The molecule has 0 aliphatic rings. The lowest BCUT2D eigenvalue weighted by molar-refractivity contribution is -0.384. The topological polar surface area (TPSA) is 101 Å². The summed E-state index contributed by atoms with van der Waals surface area (Å²) in [6, 6.07) is 11.7. The number of aromatic amines is 1. The molecule has 0 bridgehead atoms. The van der Waals surface area contributed by atoms with Gasteiger partial charge in [0.2, 0.25) is 0 Å². The Balaban J connectivity index is 1.87. The molecule has 1 aromatic heterocycles. The van der Waals surface area contributed by atoms with Crippen LogP contribution < -0.4 is 4.74 Å². The first-order chi connectivity index (χ1) is 12.0. The Bertz CT molecular complexity index is 951. The third kappa shape index (κ3) is 3.27. The number of nitrogens with zero attached hydrogens (tertiary/aromatic N) is 3. The number of carbonyl (C=O) groups is 1. The van der Waals surface area contributed by atoms with Gasteiger partial charge in [-0.05, 0) is 23.8 Å². The van der Waals surface area contributed by atoms with Crippen LogP contribution in [0.25, 0.3) is 10.9 Å².